The zero-order chi connectivity index (χ0) is 13.1. The second kappa shape index (κ2) is 5.16. The summed E-state index contributed by atoms with van der Waals surface area (Å²) >= 11 is 0. The molecule has 98 valence electrons. The molecule has 18 heavy (non-hydrogen) atoms. The lowest BCUT2D eigenvalue weighted by molar-refractivity contribution is -0.145. The summed E-state index contributed by atoms with van der Waals surface area (Å²) in [4.78, 5) is 29.0. The topological polar surface area (TPSA) is 88.3 Å². The number of aromatic nitrogens is 2. The summed E-state index contributed by atoms with van der Waals surface area (Å²) in [5.41, 5.74) is 0. The normalized spacial score (nSPS) is 20.4. The van der Waals surface area contributed by atoms with Gasteiger partial charge >= 0.3 is 0 Å². The van der Waals surface area contributed by atoms with Crippen LogP contribution in [0.2, 0.25) is 0 Å². The van der Waals surface area contributed by atoms with Crippen LogP contribution in [0.15, 0.2) is 10.9 Å². The van der Waals surface area contributed by atoms with Crippen molar-refractivity contribution in [3.8, 4) is 0 Å². The van der Waals surface area contributed by atoms with Crippen LogP contribution in [0.25, 0.3) is 0 Å². The lowest BCUT2D eigenvalue weighted by atomic mass is 10.0. The minimum atomic E-state index is -0.446. The molecule has 7 nitrogen and oxygen atoms in total. The van der Waals surface area contributed by atoms with Gasteiger partial charge in [0.25, 0.3) is 0 Å². The summed E-state index contributed by atoms with van der Waals surface area (Å²) in [7, 11) is 0. The first-order valence-electron chi connectivity index (χ1n) is 5.89. The van der Waals surface area contributed by atoms with E-state index in [1.807, 2.05) is 13.8 Å². The molecule has 1 aliphatic heterocycles. The van der Waals surface area contributed by atoms with Crippen LogP contribution in [0.5, 0.6) is 0 Å². The SMILES string of the molecule is CC(C)CC1NC(=O)CN(Cc2ncon2)C1=O. The predicted octanol–water partition coefficient (Wildman–Crippen LogP) is -0.0573. The van der Waals surface area contributed by atoms with E-state index < -0.39 is 6.04 Å². The molecule has 0 bridgehead atoms. The second-order valence-electron chi connectivity index (χ2n) is 4.79. The number of nitrogens with one attached hydrogen (secondary N) is 1. The number of piperazine rings is 1. The van der Waals surface area contributed by atoms with Gasteiger partial charge in [-0.3, -0.25) is 9.59 Å². The first-order chi connectivity index (χ1) is 8.56. The van der Waals surface area contributed by atoms with Crippen molar-refractivity contribution in [3.05, 3.63) is 12.2 Å². The molecule has 0 radical (unpaired) electrons. The van der Waals surface area contributed by atoms with Crippen molar-refractivity contribution < 1.29 is 14.1 Å². The smallest absolute Gasteiger partial charge is 0.246 e. The number of nitrogens with zero attached hydrogens (tertiary/aromatic N) is 3. The summed E-state index contributed by atoms with van der Waals surface area (Å²) in [5, 5.41) is 6.36. The van der Waals surface area contributed by atoms with Crippen molar-refractivity contribution in [1.82, 2.24) is 20.4 Å². The van der Waals surface area contributed by atoms with Crippen molar-refractivity contribution in [2.75, 3.05) is 6.54 Å². The van der Waals surface area contributed by atoms with Gasteiger partial charge in [0.15, 0.2) is 5.82 Å². The van der Waals surface area contributed by atoms with Gasteiger partial charge < -0.3 is 14.7 Å². The summed E-state index contributed by atoms with van der Waals surface area (Å²) in [6.07, 6.45) is 1.84. The standard InChI is InChI=1S/C11H16N4O3/c1-7(2)3-8-11(17)15(5-10(16)13-8)4-9-12-6-18-14-9/h6-8H,3-5H2,1-2H3,(H,13,16). The molecule has 1 atom stereocenters. The first kappa shape index (κ1) is 12.5. The Balaban J connectivity index is 2.05. The van der Waals surface area contributed by atoms with Gasteiger partial charge in [-0.1, -0.05) is 19.0 Å². The third kappa shape index (κ3) is 2.85. The van der Waals surface area contributed by atoms with E-state index in [2.05, 4.69) is 20.0 Å². The fourth-order valence-electron chi connectivity index (χ4n) is 1.97. The Morgan fingerprint density at radius 2 is 2.33 bits per heavy atom. The van der Waals surface area contributed by atoms with E-state index in [9.17, 15) is 9.59 Å². The summed E-state index contributed by atoms with van der Waals surface area (Å²) in [6, 6.07) is -0.446. The molecular formula is C11H16N4O3. The van der Waals surface area contributed by atoms with E-state index in [0.717, 1.165) is 0 Å². The van der Waals surface area contributed by atoms with E-state index in [1.54, 1.807) is 0 Å². The van der Waals surface area contributed by atoms with Gasteiger partial charge in [-0.15, -0.1) is 0 Å². The molecule has 1 unspecified atom stereocenters. The maximum Gasteiger partial charge on any atom is 0.246 e. The van der Waals surface area contributed by atoms with Gasteiger partial charge in [-0.05, 0) is 12.3 Å². The maximum absolute atomic E-state index is 12.2. The van der Waals surface area contributed by atoms with Crippen molar-refractivity contribution in [2.45, 2.75) is 32.9 Å². The fourth-order valence-corrected chi connectivity index (χ4v) is 1.97. The molecule has 1 aromatic heterocycles. The van der Waals surface area contributed by atoms with E-state index in [1.165, 1.54) is 11.3 Å². The van der Waals surface area contributed by atoms with Crippen LogP contribution in [0, 0.1) is 5.92 Å². The van der Waals surface area contributed by atoms with E-state index in [4.69, 9.17) is 0 Å². The predicted molar refractivity (Wildman–Crippen MR) is 61.1 cm³/mol. The van der Waals surface area contributed by atoms with Crippen LogP contribution >= 0.6 is 0 Å². The van der Waals surface area contributed by atoms with E-state index in [-0.39, 0.29) is 24.9 Å². The molecule has 0 spiro atoms. The highest BCUT2D eigenvalue weighted by Gasteiger charge is 2.33. The lowest BCUT2D eigenvalue weighted by Gasteiger charge is -2.32. The van der Waals surface area contributed by atoms with Crippen LogP contribution in [0.3, 0.4) is 0 Å². The molecule has 2 amide bonds. The lowest BCUT2D eigenvalue weighted by Crippen LogP contribution is -2.57. The molecule has 1 saturated heterocycles. The summed E-state index contributed by atoms with van der Waals surface area (Å²) < 4.78 is 4.61. The maximum atomic E-state index is 12.2. The third-order valence-corrected chi connectivity index (χ3v) is 2.73. The van der Waals surface area contributed by atoms with Crippen molar-refractivity contribution >= 4 is 11.8 Å². The number of hydrogen-bond donors (Lipinski definition) is 1. The van der Waals surface area contributed by atoms with Gasteiger partial charge in [-0.25, -0.2) is 0 Å². The Morgan fingerprint density at radius 1 is 1.56 bits per heavy atom. The molecule has 0 aromatic carbocycles. The quantitative estimate of drug-likeness (QED) is 0.811. The third-order valence-electron chi connectivity index (χ3n) is 2.73. The van der Waals surface area contributed by atoms with E-state index >= 15 is 0 Å². The molecular weight excluding hydrogens is 236 g/mol. The molecule has 1 aromatic rings. The second-order valence-corrected chi connectivity index (χ2v) is 4.79. The van der Waals surface area contributed by atoms with Gasteiger partial charge in [-0.2, -0.15) is 4.98 Å². The molecule has 1 N–H and O–H groups in total. The molecule has 2 heterocycles. The highest BCUT2D eigenvalue weighted by Crippen LogP contribution is 2.13. The van der Waals surface area contributed by atoms with Crippen LogP contribution < -0.4 is 5.32 Å². The minimum Gasteiger partial charge on any atom is -0.343 e. The molecule has 0 saturated carbocycles. The van der Waals surface area contributed by atoms with Crippen LogP contribution in [0.4, 0.5) is 0 Å². The first-order valence-corrected chi connectivity index (χ1v) is 5.89. The van der Waals surface area contributed by atoms with Gasteiger partial charge in [0.2, 0.25) is 18.2 Å². The Bertz CT molecular complexity index is 430. The highest BCUT2D eigenvalue weighted by molar-refractivity contribution is 5.94. The Kier molecular flexibility index (Phi) is 3.59. The van der Waals surface area contributed by atoms with Gasteiger partial charge in [0.05, 0.1) is 6.54 Å². The Labute approximate surface area is 105 Å². The zero-order valence-corrected chi connectivity index (χ0v) is 10.4. The van der Waals surface area contributed by atoms with Crippen molar-refractivity contribution in [3.63, 3.8) is 0 Å². The summed E-state index contributed by atoms with van der Waals surface area (Å²) in [5.74, 6) is 0.502. The molecule has 7 heteroatoms. The highest BCUT2D eigenvalue weighted by atomic mass is 16.5. The van der Waals surface area contributed by atoms with Crippen LogP contribution in [-0.4, -0.2) is 39.4 Å². The number of hydrogen-bond acceptors (Lipinski definition) is 5. The van der Waals surface area contributed by atoms with E-state index in [0.29, 0.717) is 18.2 Å². The Morgan fingerprint density at radius 3 is 2.94 bits per heavy atom. The average molecular weight is 252 g/mol. The van der Waals surface area contributed by atoms with Crippen molar-refractivity contribution in [1.29, 1.82) is 0 Å². The number of carbonyl (C=O) groups is 2. The Hall–Kier alpha value is -1.92. The minimum absolute atomic E-state index is 0.0436. The van der Waals surface area contributed by atoms with Gasteiger partial charge in [0, 0.05) is 0 Å². The summed E-state index contributed by atoms with van der Waals surface area (Å²) in [6.45, 7) is 4.27. The fraction of sp³-hybridized carbons (Fsp3) is 0.636. The molecule has 1 fully saturated rings. The number of amides is 2. The molecule has 2 rings (SSSR count). The number of rotatable bonds is 4. The van der Waals surface area contributed by atoms with Crippen LogP contribution in [-0.2, 0) is 16.1 Å². The van der Waals surface area contributed by atoms with Gasteiger partial charge in [0.1, 0.15) is 12.6 Å². The van der Waals surface area contributed by atoms with Crippen LogP contribution in [0.1, 0.15) is 26.1 Å². The monoisotopic (exact) mass is 252 g/mol. The molecule has 1 aliphatic rings. The average Bonchev–Trinajstić information content (AvgIpc) is 2.77. The molecule has 0 aliphatic carbocycles. The van der Waals surface area contributed by atoms with Crippen molar-refractivity contribution in [2.24, 2.45) is 5.92 Å². The number of carbonyl (C=O) groups excluding carboxylic acids is 2. The largest absolute Gasteiger partial charge is 0.343 e. The zero-order valence-electron chi connectivity index (χ0n) is 10.4.